The zero-order valence-corrected chi connectivity index (χ0v) is 17.4. The normalized spacial score (nSPS) is 10.6. The van der Waals surface area contributed by atoms with Gasteiger partial charge in [0.25, 0.3) is 0 Å². The third-order valence-corrected chi connectivity index (χ3v) is 4.86. The van der Waals surface area contributed by atoms with E-state index in [2.05, 4.69) is 25.9 Å². The van der Waals surface area contributed by atoms with Crippen LogP contribution in [-0.2, 0) is 0 Å². The van der Waals surface area contributed by atoms with Gasteiger partial charge in [-0.05, 0) is 55.3 Å². The van der Waals surface area contributed by atoms with Crippen LogP contribution in [0.15, 0.2) is 60.7 Å². The maximum Gasteiger partial charge on any atom is 0.411 e. The molecule has 9 nitrogen and oxygen atoms in total. The Morgan fingerprint density at radius 3 is 2.53 bits per heavy atom. The molecule has 0 aliphatic rings. The van der Waals surface area contributed by atoms with Crippen LogP contribution in [0.25, 0.3) is 11.0 Å². The molecule has 5 N–H and O–H groups in total. The Labute approximate surface area is 183 Å². The van der Waals surface area contributed by atoms with E-state index in [4.69, 9.17) is 9.84 Å². The third-order valence-electron chi connectivity index (χ3n) is 4.86. The first kappa shape index (κ1) is 20.7. The summed E-state index contributed by atoms with van der Waals surface area (Å²) in [5.74, 6) is 1.17. The van der Waals surface area contributed by atoms with Gasteiger partial charge in [-0.2, -0.15) is 0 Å². The van der Waals surface area contributed by atoms with Crippen molar-refractivity contribution in [2.45, 2.75) is 13.8 Å². The number of carbonyl (C=O) groups excluding carboxylic acids is 1. The number of hydrogen-bond donors (Lipinski definition) is 5. The van der Waals surface area contributed by atoms with E-state index in [1.54, 1.807) is 42.5 Å². The number of urea groups is 1. The molecule has 0 spiro atoms. The highest BCUT2D eigenvalue weighted by Gasteiger charge is 2.09. The summed E-state index contributed by atoms with van der Waals surface area (Å²) in [6.07, 6.45) is -1.20. The molecule has 4 aromatic rings. The second-order valence-corrected chi connectivity index (χ2v) is 7.15. The fraction of sp³-hybridized carbons (Fsp3) is 0.0870. The van der Waals surface area contributed by atoms with Crippen LogP contribution >= 0.6 is 0 Å². The molecular formula is C23H21N5O4. The van der Waals surface area contributed by atoms with Crippen LogP contribution in [0, 0.1) is 13.8 Å². The van der Waals surface area contributed by atoms with Crippen molar-refractivity contribution in [2.75, 3.05) is 16.0 Å². The van der Waals surface area contributed by atoms with Gasteiger partial charge in [0, 0.05) is 23.5 Å². The number of benzene rings is 3. The van der Waals surface area contributed by atoms with Gasteiger partial charge in [0.2, 0.25) is 5.95 Å². The SMILES string of the molecule is Cc1cccc(NC(=O)Nc2cccc(Oc3ccc4[nH]c(NC(=O)O)nc4c3)c2)c1C. The van der Waals surface area contributed by atoms with Crippen molar-refractivity contribution in [1.82, 2.24) is 9.97 Å². The minimum absolute atomic E-state index is 0.130. The minimum Gasteiger partial charge on any atom is -0.465 e. The number of nitrogens with one attached hydrogen (secondary N) is 4. The van der Waals surface area contributed by atoms with E-state index >= 15 is 0 Å². The maximum absolute atomic E-state index is 12.4. The summed E-state index contributed by atoms with van der Waals surface area (Å²) in [5, 5.41) is 16.6. The molecule has 0 saturated carbocycles. The van der Waals surface area contributed by atoms with Gasteiger partial charge in [-0.15, -0.1) is 0 Å². The van der Waals surface area contributed by atoms with Crippen LogP contribution in [-0.4, -0.2) is 27.2 Å². The van der Waals surface area contributed by atoms with Crippen LogP contribution < -0.4 is 20.7 Å². The van der Waals surface area contributed by atoms with Gasteiger partial charge < -0.3 is 25.5 Å². The number of aromatic nitrogens is 2. The van der Waals surface area contributed by atoms with Gasteiger partial charge in [0.05, 0.1) is 11.0 Å². The predicted molar refractivity (Wildman–Crippen MR) is 123 cm³/mol. The Morgan fingerprint density at radius 2 is 1.72 bits per heavy atom. The molecule has 3 aromatic carbocycles. The lowest BCUT2D eigenvalue weighted by molar-refractivity contribution is 0.209. The summed E-state index contributed by atoms with van der Waals surface area (Å²) in [4.78, 5) is 30.2. The largest absolute Gasteiger partial charge is 0.465 e. The lowest BCUT2D eigenvalue weighted by Crippen LogP contribution is -2.20. The quantitative estimate of drug-likeness (QED) is 0.277. The number of nitrogens with zero attached hydrogens (tertiary/aromatic N) is 1. The first-order chi connectivity index (χ1) is 15.4. The molecule has 0 unspecified atom stereocenters. The molecule has 32 heavy (non-hydrogen) atoms. The number of carbonyl (C=O) groups is 2. The van der Waals surface area contributed by atoms with Gasteiger partial charge >= 0.3 is 12.1 Å². The molecule has 0 bridgehead atoms. The van der Waals surface area contributed by atoms with E-state index in [0.717, 1.165) is 16.8 Å². The molecule has 0 saturated heterocycles. The molecule has 0 aliphatic carbocycles. The number of anilines is 3. The fourth-order valence-corrected chi connectivity index (χ4v) is 3.15. The molecule has 1 aromatic heterocycles. The lowest BCUT2D eigenvalue weighted by atomic mass is 10.1. The first-order valence-electron chi connectivity index (χ1n) is 9.79. The highest BCUT2D eigenvalue weighted by Crippen LogP contribution is 2.27. The van der Waals surface area contributed by atoms with Gasteiger partial charge in [-0.3, -0.25) is 5.32 Å². The number of imidazole rings is 1. The van der Waals surface area contributed by atoms with E-state index < -0.39 is 6.09 Å². The lowest BCUT2D eigenvalue weighted by Gasteiger charge is -2.12. The van der Waals surface area contributed by atoms with E-state index in [0.29, 0.717) is 28.2 Å². The predicted octanol–water partition coefficient (Wildman–Crippen LogP) is 5.71. The summed E-state index contributed by atoms with van der Waals surface area (Å²) in [7, 11) is 0. The van der Waals surface area contributed by atoms with Crippen molar-refractivity contribution in [2.24, 2.45) is 0 Å². The number of rotatable bonds is 5. The number of H-pyrrole nitrogens is 1. The van der Waals surface area contributed by atoms with E-state index in [9.17, 15) is 9.59 Å². The summed E-state index contributed by atoms with van der Waals surface area (Å²) in [6, 6.07) is 17.5. The molecule has 3 amide bonds. The van der Waals surface area contributed by atoms with Crippen LogP contribution in [0.1, 0.15) is 11.1 Å². The molecule has 162 valence electrons. The number of fused-ring (bicyclic) bond motifs is 1. The van der Waals surface area contributed by atoms with Crippen molar-refractivity contribution >= 4 is 40.5 Å². The molecule has 4 rings (SSSR count). The number of hydrogen-bond acceptors (Lipinski definition) is 4. The third kappa shape index (κ3) is 4.78. The summed E-state index contributed by atoms with van der Waals surface area (Å²) in [5.41, 5.74) is 4.64. The molecular weight excluding hydrogens is 410 g/mol. The topological polar surface area (TPSA) is 128 Å². The summed E-state index contributed by atoms with van der Waals surface area (Å²) >= 11 is 0. The van der Waals surface area contributed by atoms with Crippen molar-refractivity contribution in [3.05, 3.63) is 71.8 Å². The second-order valence-electron chi connectivity index (χ2n) is 7.15. The van der Waals surface area contributed by atoms with Crippen LogP contribution in [0.4, 0.5) is 26.9 Å². The number of amides is 3. The van der Waals surface area contributed by atoms with E-state index in [1.165, 1.54) is 0 Å². The molecule has 1 heterocycles. The first-order valence-corrected chi connectivity index (χ1v) is 9.79. The maximum atomic E-state index is 12.4. The highest BCUT2D eigenvalue weighted by atomic mass is 16.5. The Balaban J connectivity index is 1.45. The highest BCUT2D eigenvalue weighted by molar-refractivity contribution is 6.00. The number of aryl methyl sites for hydroxylation is 1. The number of aromatic amines is 1. The fourth-order valence-electron chi connectivity index (χ4n) is 3.15. The van der Waals surface area contributed by atoms with Crippen molar-refractivity contribution in [1.29, 1.82) is 0 Å². The Morgan fingerprint density at radius 1 is 0.938 bits per heavy atom. The van der Waals surface area contributed by atoms with Gasteiger partial charge in [0.1, 0.15) is 11.5 Å². The molecule has 0 fully saturated rings. The van der Waals surface area contributed by atoms with Gasteiger partial charge in [0.15, 0.2) is 0 Å². The standard InChI is InChI=1S/C23H21N5O4/c1-13-5-3-8-18(14(13)2)27-22(29)24-15-6-4-7-16(11-15)32-17-9-10-19-20(12-17)26-21(25-19)28-23(30)31/h3-12H,1-2H3,(H,30,31)(H2,24,27,29)(H2,25,26,28). The van der Waals surface area contributed by atoms with Crippen molar-refractivity contribution in [3.8, 4) is 11.5 Å². The zero-order valence-electron chi connectivity index (χ0n) is 17.4. The molecule has 0 aliphatic heterocycles. The monoisotopic (exact) mass is 431 g/mol. The Hall–Kier alpha value is -4.53. The Bertz CT molecular complexity index is 1310. The smallest absolute Gasteiger partial charge is 0.411 e. The second kappa shape index (κ2) is 8.68. The summed E-state index contributed by atoms with van der Waals surface area (Å²) in [6.45, 7) is 3.94. The van der Waals surface area contributed by atoms with Crippen molar-refractivity contribution in [3.63, 3.8) is 0 Å². The zero-order chi connectivity index (χ0) is 22.7. The Kier molecular flexibility index (Phi) is 5.63. The van der Waals surface area contributed by atoms with E-state index in [1.807, 2.05) is 32.0 Å². The number of carboxylic acid groups (broad SMARTS) is 1. The van der Waals surface area contributed by atoms with Gasteiger partial charge in [-0.1, -0.05) is 18.2 Å². The van der Waals surface area contributed by atoms with Crippen LogP contribution in [0.5, 0.6) is 11.5 Å². The number of ether oxygens (including phenoxy) is 1. The average Bonchev–Trinajstić information content (AvgIpc) is 3.12. The van der Waals surface area contributed by atoms with E-state index in [-0.39, 0.29) is 12.0 Å². The van der Waals surface area contributed by atoms with Gasteiger partial charge in [-0.25, -0.2) is 14.6 Å². The molecule has 9 heteroatoms. The van der Waals surface area contributed by atoms with Crippen LogP contribution in [0.3, 0.4) is 0 Å². The molecule has 0 radical (unpaired) electrons. The minimum atomic E-state index is -1.20. The van der Waals surface area contributed by atoms with Crippen molar-refractivity contribution < 1.29 is 19.4 Å². The molecule has 0 atom stereocenters. The average molecular weight is 431 g/mol. The van der Waals surface area contributed by atoms with Crippen LogP contribution in [0.2, 0.25) is 0 Å². The summed E-state index contributed by atoms with van der Waals surface area (Å²) < 4.78 is 5.89.